The van der Waals surface area contributed by atoms with Gasteiger partial charge in [-0.3, -0.25) is 19.7 Å². The van der Waals surface area contributed by atoms with E-state index in [1.54, 1.807) is 6.07 Å². The van der Waals surface area contributed by atoms with Crippen molar-refractivity contribution in [3.63, 3.8) is 0 Å². The van der Waals surface area contributed by atoms with Crippen molar-refractivity contribution in [2.45, 2.75) is 12.8 Å². The standard InChI is InChI=1S/C14H16N2O6/c17-13(15-7-3-4-10(8-15)14(18)19)9-22-12-6-2-1-5-11(12)16(20)21/h1-2,5-6,10H,3-4,7-9H2,(H,18,19)/t10-/m0/s1. The second kappa shape index (κ2) is 6.88. The molecule has 22 heavy (non-hydrogen) atoms. The van der Waals surface area contributed by atoms with Gasteiger partial charge in [0.15, 0.2) is 12.4 Å². The molecule has 2 rings (SSSR count). The van der Waals surface area contributed by atoms with E-state index in [1.807, 2.05) is 0 Å². The number of ether oxygens (including phenoxy) is 1. The highest BCUT2D eigenvalue weighted by atomic mass is 16.6. The number of aliphatic carboxylic acids is 1. The average molecular weight is 308 g/mol. The van der Waals surface area contributed by atoms with E-state index in [1.165, 1.54) is 23.1 Å². The molecule has 0 spiro atoms. The first-order valence-corrected chi connectivity index (χ1v) is 6.86. The number of nitrogens with zero attached hydrogens (tertiary/aromatic N) is 2. The number of para-hydroxylation sites is 2. The van der Waals surface area contributed by atoms with Crippen LogP contribution in [0, 0.1) is 16.0 Å². The summed E-state index contributed by atoms with van der Waals surface area (Å²) in [5.74, 6) is -1.84. The second-order valence-corrected chi connectivity index (χ2v) is 5.03. The first kappa shape index (κ1) is 15.7. The molecule has 1 aromatic rings. The lowest BCUT2D eigenvalue weighted by Gasteiger charge is -2.30. The van der Waals surface area contributed by atoms with Crippen molar-refractivity contribution < 1.29 is 24.4 Å². The number of hydrogen-bond acceptors (Lipinski definition) is 5. The average Bonchev–Trinajstić information content (AvgIpc) is 2.52. The third-order valence-electron chi connectivity index (χ3n) is 3.54. The van der Waals surface area contributed by atoms with Crippen LogP contribution in [0.4, 0.5) is 5.69 Å². The van der Waals surface area contributed by atoms with Gasteiger partial charge in [0.2, 0.25) is 0 Å². The van der Waals surface area contributed by atoms with Crippen LogP contribution >= 0.6 is 0 Å². The lowest BCUT2D eigenvalue weighted by molar-refractivity contribution is -0.385. The summed E-state index contributed by atoms with van der Waals surface area (Å²) in [5.41, 5.74) is -0.211. The van der Waals surface area contributed by atoms with E-state index in [4.69, 9.17) is 9.84 Å². The summed E-state index contributed by atoms with van der Waals surface area (Å²) in [5, 5.41) is 19.9. The van der Waals surface area contributed by atoms with Crippen molar-refractivity contribution in [3.8, 4) is 5.75 Å². The van der Waals surface area contributed by atoms with Gasteiger partial charge in [0.25, 0.3) is 5.91 Å². The van der Waals surface area contributed by atoms with Gasteiger partial charge >= 0.3 is 11.7 Å². The van der Waals surface area contributed by atoms with Gasteiger partial charge < -0.3 is 14.7 Å². The molecule has 8 heteroatoms. The molecule has 1 fully saturated rings. The Labute approximate surface area is 126 Å². The smallest absolute Gasteiger partial charge is 0.310 e. The lowest BCUT2D eigenvalue weighted by Crippen LogP contribution is -2.44. The summed E-state index contributed by atoms with van der Waals surface area (Å²) in [6.45, 7) is 0.272. The van der Waals surface area contributed by atoms with Crippen LogP contribution in [0.15, 0.2) is 24.3 Å². The van der Waals surface area contributed by atoms with E-state index in [9.17, 15) is 19.7 Å². The largest absolute Gasteiger partial charge is 0.481 e. The number of hydrogen-bond donors (Lipinski definition) is 1. The summed E-state index contributed by atoms with van der Waals surface area (Å²) in [7, 11) is 0. The Kier molecular flexibility index (Phi) is 4.92. The minimum Gasteiger partial charge on any atom is -0.481 e. The van der Waals surface area contributed by atoms with E-state index in [0.717, 1.165) is 0 Å². The van der Waals surface area contributed by atoms with Gasteiger partial charge in [-0.1, -0.05) is 12.1 Å². The molecule has 0 saturated carbocycles. The van der Waals surface area contributed by atoms with Gasteiger partial charge in [-0.2, -0.15) is 0 Å². The number of likely N-dealkylation sites (tertiary alicyclic amines) is 1. The Morgan fingerprint density at radius 1 is 1.41 bits per heavy atom. The van der Waals surface area contributed by atoms with Gasteiger partial charge in [-0.25, -0.2) is 0 Å². The molecule has 1 aliphatic rings. The zero-order valence-electron chi connectivity index (χ0n) is 11.8. The Bertz CT molecular complexity index is 588. The number of carbonyl (C=O) groups is 2. The molecule has 1 atom stereocenters. The molecule has 0 unspecified atom stereocenters. The topological polar surface area (TPSA) is 110 Å². The van der Waals surface area contributed by atoms with Crippen LogP contribution in [0.1, 0.15) is 12.8 Å². The van der Waals surface area contributed by atoms with Crippen LogP contribution in [-0.4, -0.2) is 46.5 Å². The number of benzene rings is 1. The zero-order valence-corrected chi connectivity index (χ0v) is 11.8. The molecular weight excluding hydrogens is 292 g/mol. The molecule has 1 saturated heterocycles. The summed E-state index contributed by atoms with van der Waals surface area (Å²) in [6, 6.07) is 5.80. The predicted molar refractivity (Wildman–Crippen MR) is 75.5 cm³/mol. The fourth-order valence-electron chi connectivity index (χ4n) is 2.37. The molecule has 0 radical (unpaired) electrons. The van der Waals surface area contributed by atoms with Gasteiger partial charge in [-0.15, -0.1) is 0 Å². The number of carboxylic acid groups (broad SMARTS) is 1. The van der Waals surface area contributed by atoms with Crippen molar-refractivity contribution in [1.29, 1.82) is 0 Å². The van der Waals surface area contributed by atoms with Gasteiger partial charge in [0, 0.05) is 19.2 Å². The molecule has 1 amide bonds. The van der Waals surface area contributed by atoms with Crippen molar-refractivity contribution in [2.75, 3.05) is 19.7 Å². The summed E-state index contributed by atoms with van der Waals surface area (Å²) in [4.78, 5) is 34.7. The van der Waals surface area contributed by atoms with E-state index >= 15 is 0 Å². The first-order chi connectivity index (χ1) is 10.5. The van der Waals surface area contributed by atoms with Crippen LogP contribution < -0.4 is 4.74 Å². The maximum atomic E-state index is 12.1. The molecule has 118 valence electrons. The third-order valence-corrected chi connectivity index (χ3v) is 3.54. The number of nitro groups is 1. The Hall–Kier alpha value is -2.64. The molecule has 1 heterocycles. The summed E-state index contributed by atoms with van der Waals surface area (Å²) < 4.78 is 5.23. The molecule has 1 N–H and O–H groups in total. The maximum absolute atomic E-state index is 12.1. The van der Waals surface area contributed by atoms with Crippen molar-refractivity contribution in [1.82, 2.24) is 4.90 Å². The van der Waals surface area contributed by atoms with E-state index < -0.39 is 16.8 Å². The van der Waals surface area contributed by atoms with Crippen LogP contribution in [0.25, 0.3) is 0 Å². The van der Waals surface area contributed by atoms with Crippen LogP contribution in [0.5, 0.6) is 5.75 Å². The monoisotopic (exact) mass is 308 g/mol. The molecule has 1 aliphatic heterocycles. The SMILES string of the molecule is O=C(O)[C@H]1CCCN(C(=O)COc2ccccc2[N+](=O)[O-])C1. The summed E-state index contributed by atoms with van der Waals surface area (Å²) in [6.07, 6.45) is 1.16. The van der Waals surface area contributed by atoms with E-state index in [2.05, 4.69) is 0 Å². The second-order valence-electron chi connectivity index (χ2n) is 5.03. The van der Waals surface area contributed by atoms with Gasteiger partial charge in [0.1, 0.15) is 0 Å². The Balaban J connectivity index is 1.95. The number of amides is 1. The number of carbonyl (C=O) groups excluding carboxylic acids is 1. The highest BCUT2D eigenvalue weighted by Gasteiger charge is 2.28. The lowest BCUT2D eigenvalue weighted by atomic mass is 9.98. The fourth-order valence-corrected chi connectivity index (χ4v) is 2.37. The molecular formula is C14H16N2O6. The highest BCUT2D eigenvalue weighted by Crippen LogP contribution is 2.26. The van der Waals surface area contributed by atoms with Crippen LogP contribution in [0.2, 0.25) is 0 Å². The first-order valence-electron chi connectivity index (χ1n) is 6.86. The van der Waals surface area contributed by atoms with Gasteiger partial charge in [-0.05, 0) is 18.9 Å². The van der Waals surface area contributed by atoms with Crippen LogP contribution in [-0.2, 0) is 9.59 Å². The Morgan fingerprint density at radius 2 is 2.14 bits per heavy atom. The normalized spacial score (nSPS) is 17.8. The highest BCUT2D eigenvalue weighted by molar-refractivity contribution is 5.79. The summed E-state index contributed by atoms with van der Waals surface area (Å²) >= 11 is 0. The molecule has 0 bridgehead atoms. The number of rotatable bonds is 5. The minimum atomic E-state index is -0.919. The predicted octanol–water partition coefficient (Wildman–Crippen LogP) is 1.30. The third kappa shape index (κ3) is 3.72. The quantitative estimate of drug-likeness (QED) is 0.648. The van der Waals surface area contributed by atoms with E-state index in [0.29, 0.717) is 19.4 Å². The maximum Gasteiger partial charge on any atom is 0.310 e. The van der Waals surface area contributed by atoms with Crippen molar-refractivity contribution >= 4 is 17.6 Å². The van der Waals surface area contributed by atoms with Gasteiger partial charge in [0.05, 0.1) is 10.8 Å². The van der Waals surface area contributed by atoms with Crippen LogP contribution in [0.3, 0.4) is 0 Å². The minimum absolute atomic E-state index is 0.0210. The zero-order chi connectivity index (χ0) is 16.1. The Morgan fingerprint density at radius 3 is 2.82 bits per heavy atom. The van der Waals surface area contributed by atoms with E-state index in [-0.39, 0.29) is 30.5 Å². The number of piperidine rings is 1. The van der Waals surface area contributed by atoms with Crippen molar-refractivity contribution in [2.24, 2.45) is 5.92 Å². The number of nitro benzene ring substituents is 1. The molecule has 1 aromatic carbocycles. The molecule has 8 nitrogen and oxygen atoms in total. The molecule has 0 aromatic heterocycles. The van der Waals surface area contributed by atoms with Crippen molar-refractivity contribution in [3.05, 3.63) is 34.4 Å². The molecule has 0 aliphatic carbocycles. The fraction of sp³-hybridized carbons (Fsp3) is 0.429. The number of carboxylic acids is 1.